The number of methoxy groups -OCH3 is 1. The molecule has 0 aliphatic carbocycles. The zero-order valence-corrected chi connectivity index (χ0v) is 42.8. The Morgan fingerprint density at radius 2 is 1.40 bits per heavy atom. The second-order valence-corrected chi connectivity index (χ2v) is 15.9. The van der Waals surface area contributed by atoms with Crippen LogP contribution in [-0.4, -0.2) is 219 Å². The highest BCUT2D eigenvalue weighted by Gasteiger charge is 2.11. The maximum absolute atomic E-state index is 10.7. The van der Waals surface area contributed by atoms with Crippen LogP contribution < -0.4 is 16.4 Å². The molecule has 0 unspecified atom stereocenters. The number of amidine groups is 2. The lowest BCUT2D eigenvalue weighted by Crippen LogP contribution is -2.39. The van der Waals surface area contributed by atoms with Gasteiger partial charge < -0.3 is 45.4 Å². The first-order valence-electron chi connectivity index (χ1n) is 23.3. The number of likely N-dealkylation sites (N-methyl/N-ethyl adjacent to an activating group) is 4. The van der Waals surface area contributed by atoms with Crippen LogP contribution in [-0.2, 0) is 23.9 Å². The molecule has 4 N–H and O–H groups in total. The maximum atomic E-state index is 10.7. The quantitative estimate of drug-likeness (QED) is 0.203. The molecule has 0 radical (unpaired) electrons. The van der Waals surface area contributed by atoms with E-state index in [1.54, 1.807) is 44.7 Å². The Balaban J connectivity index is -0.000000658. The first kappa shape index (κ1) is 63.8. The molecule has 63 heavy (non-hydrogen) atoms. The van der Waals surface area contributed by atoms with Gasteiger partial charge in [0.1, 0.15) is 0 Å². The number of nitrogens with two attached hydrogens (primary N) is 1. The highest BCUT2D eigenvalue weighted by atomic mass is 16.5. The molecule has 0 aromatic heterocycles. The Labute approximate surface area is 385 Å². The van der Waals surface area contributed by atoms with Crippen molar-refractivity contribution in [1.82, 2.24) is 35.1 Å². The van der Waals surface area contributed by atoms with Crippen LogP contribution in [0.4, 0.5) is 0 Å². The summed E-state index contributed by atoms with van der Waals surface area (Å²) in [7, 11) is 11.2. The summed E-state index contributed by atoms with van der Waals surface area (Å²) in [5.41, 5.74) is 7.90. The van der Waals surface area contributed by atoms with E-state index in [9.17, 15) is 14.4 Å². The van der Waals surface area contributed by atoms with Crippen molar-refractivity contribution in [3.05, 3.63) is 0 Å². The number of carbonyl (C=O) groups excluding carboxylic acids is 3. The summed E-state index contributed by atoms with van der Waals surface area (Å²) >= 11 is 0. The third-order valence-corrected chi connectivity index (χ3v) is 9.87. The van der Waals surface area contributed by atoms with Crippen LogP contribution in [0.1, 0.15) is 107 Å². The number of ether oxygens (including phenoxy) is 2. The van der Waals surface area contributed by atoms with E-state index >= 15 is 0 Å². The summed E-state index contributed by atoms with van der Waals surface area (Å²) < 4.78 is 9.99. The van der Waals surface area contributed by atoms with E-state index < -0.39 is 0 Å². The molecule has 0 saturated carbocycles. The van der Waals surface area contributed by atoms with Crippen LogP contribution in [0.3, 0.4) is 0 Å². The summed E-state index contributed by atoms with van der Waals surface area (Å²) in [4.78, 5) is 57.9. The normalized spacial score (nSPS) is 16.4. The standard InChI is InChI=1S/2C7H16N2O.C7H13NO.C6H13NO2.C6H11N.C5H9N.C4H8N2.C4H10N2/c1-8-2-3-9-4-6-10-7-5-9;1-7(10)9(4)6-5-8(2)3;1-7(9)8-5-3-2-4-6-8;1-6(8)7(2)4-5-9-3;1-2-6-4-3-5-7-6;1-5-3-2-4-6-5;1-4-5-2-3-6-4;1-3-6-4(2)5/h8H,2-7H2,1H3;5-6H2,1-4H3;2-6H2,1H3;4-5H2,1-3H3;2-5H2,1H3;2-4H2,1H3;2-3H2,1H3,(H,5,6);3H2,1-2H3,(H2,5,6). The molecule has 0 aromatic rings. The van der Waals surface area contributed by atoms with Gasteiger partial charge in [0.05, 0.1) is 38.0 Å². The van der Waals surface area contributed by atoms with Gasteiger partial charge in [0.2, 0.25) is 17.7 Å². The first-order valence-corrected chi connectivity index (χ1v) is 23.3. The number of amides is 3. The number of nitrogens with zero attached hydrogens (tertiary/aromatic N) is 9. The van der Waals surface area contributed by atoms with E-state index in [1.807, 2.05) is 46.9 Å². The lowest BCUT2D eigenvalue weighted by Gasteiger charge is -2.26. The number of likely N-dealkylation sites (tertiary alicyclic amines) is 1. The minimum atomic E-state index is 0.0760. The smallest absolute Gasteiger partial charge is 0.219 e. The predicted octanol–water partition coefficient (Wildman–Crippen LogP) is 3.96. The van der Waals surface area contributed by atoms with Crippen LogP contribution in [0.25, 0.3) is 0 Å². The molecule has 17 heteroatoms. The van der Waals surface area contributed by atoms with Gasteiger partial charge in [-0.3, -0.25) is 39.3 Å². The SMILES string of the molecule is CC(=O)N(C)CCN(C)C.CC(=O)N1CCCCC1.CC1=NCCC1.CC1=NCCN1.CCC1=NCCC1.CCN=C(C)N.CNCCN1CCOCC1.COCCN(C)C(C)=O. The van der Waals surface area contributed by atoms with Crippen LogP contribution in [0.5, 0.6) is 0 Å². The van der Waals surface area contributed by atoms with E-state index in [0.29, 0.717) is 19.0 Å². The number of hydrogen-bond acceptors (Lipinski definition) is 13. The Kier molecular flexibility index (Phi) is 45.6. The van der Waals surface area contributed by atoms with Crippen LogP contribution >= 0.6 is 0 Å². The van der Waals surface area contributed by atoms with Gasteiger partial charge in [-0.25, -0.2) is 0 Å². The van der Waals surface area contributed by atoms with Gasteiger partial charge in [0.15, 0.2) is 0 Å². The minimum Gasteiger partial charge on any atom is -0.388 e. The van der Waals surface area contributed by atoms with Gasteiger partial charge in [0, 0.05) is 138 Å². The van der Waals surface area contributed by atoms with Crippen molar-refractivity contribution in [3.63, 3.8) is 0 Å². The highest BCUT2D eigenvalue weighted by Crippen LogP contribution is 2.08. The highest BCUT2D eigenvalue weighted by molar-refractivity contribution is 5.85. The third-order valence-electron chi connectivity index (χ3n) is 9.87. The Hall–Kier alpha value is -3.51. The molecule has 0 spiro atoms. The third kappa shape index (κ3) is 46.3. The molecule has 2 saturated heterocycles. The first-order chi connectivity index (χ1) is 29.9. The van der Waals surface area contributed by atoms with Gasteiger partial charge in [-0.1, -0.05) is 6.92 Å². The number of hydrogen-bond donors (Lipinski definition) is 3. The van der Waals surface area contributed by atoms with Crippen molar-refractivity contribution >= 4 is 40.8 Å². The van der Waals surface area contributed by atoms with E-state index in [0.717, 1.165) is 104 Å². The fraction of sp³-hybridized carbons (Fsp3) is 0.848. The number of carbonyl (C=O) groups is 3. The van der Waals surface area contributed by atoms with E-state index in [2.05, 4.69) is 54.3 Å². The molecule has 5 rings (SSSR count). The molecule has 0 atom stereocenters. The van der Waals surface area contributed by atoms with E-state index in [1.165, 1.54) is 69.7 Å². The molecule has 5 aliphatic rings. The summed E-state index contributed by atoms with van der Waals surface area (Å²) in [6.07, 6.45) is 9.93. The average molecular weight is 897 g/mol. The summed E-state index contributed by atoms with van der Waals surface area (Å²) in [6, 6.07) is 0. The summed E-state index contributed by atoms with van der Waals surface area (Å²) in [5, 5.41) is 6.20. The lowest BCUT2D eigenvalue weighted by molar-refractivity contribution is -0.130. The van der Waals surface area contributed by atoms with Gasteiger partial charge in [-0.15, -0.1) is 0 Å². The molecule has 2 fully saturated rings. The zero-order valence-electron chi connectivity index (χ0n) is 42.8. The van der Waals surface area contributed by atoms with Gasteiger partial charge in [-0.05, 0) is 100 Å². The number of piperidine rings is 1. The predicted molar refractivity (Wildman–Crippen MR) is 267 cm³/mol. The van der Waals surface area contributed by atoms with Crippen molar-refractivity contribution in [3.8, 4) is 0 Å². The average Bonchev–Trinajstić information content (AvgIpc) is 4.09. The molecule has 370 valence electrons. The topological polar surface area (TPSA) is 185 Å². The Bertz CT molecular complexity index is 1220. The van der Waals surface area contributed by atoms with Crippen LogP contribution in [0.15, 0.2) is 20.0 Å². The van der Waals surface area contributed by atoms with Crippen molar-refractivity contribution in [2.75, 3.05) is 154 Å². The molecule has 3 amide bonds. The van der Waals surface area contributed by atoms with Crippen molar-refractivity contribution in [2.45, 2.75) is 107 Å². The van der Waals surface area contributed by atoms with Crippen LogP contribution in [0, 0.1) is 0 Å². The monoisotopic (exact) mass is 897 g/mol. The van der Waals surface area contributed by atoms with Gasteiger partial charge in [0.25, 0.3) is 0 Å². The molecule has 17 nitrogen and oxygen atoms in total. The molecular formula is C46H96N12O5. The van der Waals surface area contributed by atoms with E-state index in [-0.39, 0.29) is 17.7 Å². The number of morpholine rings is 1. The summed E-state index contributed by atoms with van der Waals surface area (Å²) in [5.74, 6) is 2.18. The van der Waals surface area contributed by atoms with Gasteiger partial charge in [-0.2, -0.15) is 0 Å². The van der Waals surface area contributed by atoms with Crippen LogP contribution in [0.2, 0.25) is 0 Å². The molecular weight excluding hydrogens is 801 g/mol. The second-order valence-electron chi connectivity index (χ2n) is 15.9. The Morgan fingerprint density at radius 1 is 0.810 bits per heavy atom. The Morgan fingerprint density at radius 3 is 1.70 bits per heavy atom. The lowest BCUT2D eigenvalue weighted by atomic mass is 10.1. The van der Waals surface area contributed by atoms with E-state index in [4.69, 9.17) is 15.2 Å². The number of aliphatic imine (C=N–C) groups is 4. The summed E-state index contributed by atoms with van der Waals surface area (Å²) in [6.45, 7) is 30.9. The molecule has 0 aromatic carbocycles. The number of nitrogens with one attached hydrogen (secondary N) is 2. The second kappa shape index (κ2) is 45.1. The molecule has 5 heterocycles. The largest absolute Gasteiger partial charge is 0.388 e. The van der Waals surface area contributed by atoms with Crippen molar-refractivity contribution in [1.29, 1.82) is 0 Å². The number of rotatable bonds is 11. The fourth-order valence-corrected chi connectivity index (χ4v) is 5.53. The molecule has 0 bridgehead atoms. The van der Waals surface area contributed by atoms with Gasteiger partial charge >= 0.3 is 0 Å². The zero-order chi connectivity index (χ0) is 48.3. The van der Waals surface area contributed by atoms with Crippen molar-refractivity contribution in [2.24, 2.45) is 25.7 Å². The fourth-order valence-electron chi connectivity index (χ4n) is 5.53. The van der Waals surface area contributed by atoms with Crippen molar-refractivity contribution < 1.29 is 23.9 Å². The molecule has 5 aliphatic heterocycles. The minimum absolute atomic E-state index is 0.0760. The maximum Gasteiger partial charge on any atom is 0.219 e.